The van der Waals surface area contributed by atoms with Crippen LogP contribution in [0.25, 0.3) is 10.9 Å². The van der Waals surface area contributed by atoms with Crippen LogP contribution in [0.1, 0.15) is 36.7 Å². The molecule has 0 fully saturated rings. The highest BCUT2D eigenvalue weighted by molar-refractivity contribution is 6.35. The van der Waals surface area contributed by atoms with Gasteiger partial charge in [0.15, 0.2) is 0 Å². The van der Waals surface area contributed by atoms with Crippen LogP contribution in [0.5, 0.6) is 0 Å². The lowest BCUT2D eigenvalue weighted by Crippen LogP contribution is -2.38. The molecule has 1 aliphatic heterocycles. The lowest BCUT2D eigenvalue weighted by molar-refractivity contribution is 0.177. The molecule has 2 atom stereocenters. The van der Waals surface area contributed by atoms with Crippen LogP contribution in [-0.2, 0) is 19.4 Å². The first-order valence-electron chi connectivity index (χ1n) is 9.23. The Morgan fingerprint density at radius 3 is 2.58 bits per heavy atom. The number of benzene rings is 2. The van der Waals surface area contributed by atoms with Crippen LogP contribution in [-0.4, -0.2) is 22.6 Å². The number of hydrogen-bond donors (Lipinski definition) is 0. The standard InChI is InChI=1S/C22H24ClFN2/c1-14-13-20-21(15(2)25(14)3)18-5-4-6-19(23)22(18)26(20)12-11-16-7-9-17(24)10-8-16/h4-10,14-15H,11-13H2,1-3H3. The fourth-order valence-corrected chi connectivity index (χ4v) is 4.55. The molecule has 0 aliphatic carbocycles. The Morgan fingerprint density at radius 1 is 1.12 bits per heavy atom. The van der Waals surface area contributed by atoms with E-state index in [1.165, 1.54) is 28.8 Å². The second-order valence-electron chi connectivity index (χ2n) is 7.42. The summed E-state index contributed by atoms with van der Waals surface area (Å²) < 4.78 is 15.6. The van der Waals surface area contributed by atoms with Crippen LogP contribution < -0.4 is 0 Å². The predicted molar refractivity (Wildman–Crippen MR) is 106 cm³/mol. The zero-order chi connectivity index (χ0) is 18.4. The Labute approximate surface area is 159 Å². The maximum Gasteiger partial charge on any atom is 0.123 e. The summed E-state index contributed by atoms with van der Waals surface area (Å²) in [6.07, 6.45) is 1.88. The molecule has 0 amide bonds. The van der Waals surface area contributed by atoms with E-state index in [1.807, 2.05) is 24.3 Å². The molecule has 0 bridgehead atoms. The van der Waals surface area contributed by atoms with Gasteiger partial charge in [-0.1, -0.05) is 35.9 Å². The molecule has 2 heterocycles. The molecule has 1 aromatic heterocycles. The van der Waals surface area contributed by atoms with E-state index in [1.54, 1.807) is 0 Å². The molecule has 3 aromatic rings. The summed E-state index contributed by atoms with van der Waals surface area (Å²) in [6, 6.07) is 13.9. The van der Waals surface area contributed by atoms with Crippen molar-refractivity contribution < 1.29 is 4.39 Å². The van der Waals surface area contributed by atoms with Gasteiger partial charge in [-0.15, -0.1) is 0 Å². The molecule has 136 valence electrons. The highest BCUT2D eigenvalue weighted by Crippen LogP contribution is 2.41. The molecule has 1 aliphatic rings. The van der Waals surface area contributed by atoms with E-state index in [2.05, 4.69) is 36.4 Å². The van der Waals surface area contributed by atoms with Gasteiger partial charge in [-0.2, -0.15) is 0 Å². The molecule has 0 spiro atoms. The topological polar surface area (TPSA) is 8.17 Å². The summed E-state index contributed by atoms with van der Waals surface area (Å²) in [4.78, 5) is 2.44. The van der Waals surface area contributed by atoms with Gasteiger partial charge in [0, 0.05) is 36.1 Å². The largest absolute Gasteiger partial charge is 0.343 e. The number of nitrogens with zero attached hydrogens (tertiary/aromatic N) is 2. The first kappa shape index (κ1) is 17.6. The van der Waals surface area contributed by atoms with Gasteiger partial charge < -0.3 is 4.57 Å². The second kappa shape index (κ2) is 6.71. The molecule has 2 unspecified atom stereocenters. The van der Waals surface area contributed by atoms with Crippen molar-refractivity contribution in [1.29, 1.82) is 0 Å². The molecule has 2 nitrogen and oxygen atoms in total. The van der Waals surface area contributed by atoms with Gasteiger partial charge in [-0.05, 0) is 56.6 Å². The van der Waals surface area contributed by atoms with E-state index in [4.69, 9.17) is 11.6 Å². The molecule has 0 saturated heterocycles. The van der Waals surface area contributed by atoms with E-state index in [0.717, 1.165) is 35.5 Å². The summed E-state index contributed by atoms with van der Waals surface area (Å²) in [5, 5.41) is 2.07. The smallest absolute Gasteiger partial charge is 0.123 e. The third-order valence-electron chi connectivity index (χ3n) is 5.93. The van der Waals surface area contributed by atoms with E-state index in [-0.39, 0.29) is 5.82 Å². The molecule has 4 heteroatoms. The first-order valence-corrected chi connectivity index (χ1v) is 9.61. The van der Waals surface area contributed by atoms with Crippen molar-refractivity contribution in [3.63, 3.8) is 0 Å². The first-order chi connectivity index (χ1) is 12.5. The number of aryl methyl sites for hydroxylation is 2. The quantitative estimate of drug-likeness (QED) is 0.581. The lowest BCUT2D eigenvalue weighted by Gasteiger charge is -2.36. The molecule has 0 N–H and O–H groups in total. The van der Waals surface area contributed by atoms with Gasteiger partial charge in [-0.25, -0.2) is 4.39 Å². The summed E-state index contributed by atoms with van der Waals surface area (Å²) in [5.74, 6) is -0.189. The zero-order valence-corrected chi connectivity index (χ0v) is 16.2. The number of halogens is 2. The number of hydrogen-bond acceptors (Lipinski definition) is 1. The zero-order valence-electron chi connectivity index (χ0n) is 15.5. The van der Waals surface area contributed by atoms with E-state index in [9.17, 15) is 4.39 Å². The van der Waals surface area contributed by atoms with Crippen LogP contribution in [0.3, 0.4) is 0 Å². The summed E-state index contributed by atoms with van der Waals surface area (Å²) in [6.45, 7) is 5.41. The highest BCUT2D eigenvalue weighted by Gasteiger charge is 2.32. The predicted octanol–water partition coefficient (Wildman–Crippen LogP) is 5.61. The Morgan fingerprint density at radius 2 is 1.85 bits per heavy atom. The number of likely N-dealkylation sites (N-methyl/N-ethyl adjacent to an activating group) is 1. The molecule has 0 radical (unpaired) electrons. The SMILES string of the molecule is CC1Cc2c(c3cccc(Cl)c3n2CCc2ccc(F)cc2)C(C)N1C. The molecule has 4 rings (SSSR count). The van der Waals surface area contributed by atoms with Crippen LogP contribution in [0, 0.1) is 5.82 Å². The van der Waals surface area contributed by atoms with Crippen molar-refractivity contribution >= 4 is 22.5 Å². The monoisotopic (exact) mass is 370 g/mol. The molecule has 2 aromatic carbocycles. The van der Waals surface area contributed by atoms with Crippen LogP contribution in [0.4, 0.5) is 4.39 Å². The molecule has 26 heavy (non-hydrogen) atoms. The molecular formula is C22H24ClFN2. The fourth-order valence-electron chi connectivity index (χ4n) is 4.28. The number of para-hydroxylation sites is 1. The van der Waals surface area contributed by atoms with Crippen molar-refractivity contribution in [2.75, 3.05) is 7.05 Å². The van der Waals surface area contributed by atoms with Gasteiger partial charge in [0.2, 0.25) is 0 Å². The second-order valence-corrected chi connectivity index (χ2v) is 7.83. The third kappa shape index (κ3) is 2.83. The summed E-state index contributed by atoms with van der Waals surface area (Å²) >= 11 is 6.62. The lowest BCUT2D eigenvalue weighted by atomic mass is 9.93. The highest BCUT2D eigenvalue weighted by atomic mass is 35.5. The van der Waals surface area contributed by atoms with E-state index < -0.39 is 0 Å². The van der Waals surface area contributed by atoms with Crippen LogP contribution in [0.2, 0.25) is 5.02 Å². The van der Waals surface area contributed by atoms with Crippen molar-refractivity contribution in [2.45, 2.75) is 45.3 Å². The minimum Gasteiger partial charge on any atom is -0.343 e. The van der Waals surface area contributed by atoms with Crippen LogP contribution >= 0.6 is 11.6 Å². The van der Waals surface area contributed by atoms with Crippen LogP contribution in [0.15, 0.2) is 42.5 Å². The van der Waals surface area contributed by atoms with Gasteiger partial charge in [0.05, 0.1) is 10.5 Å². The Balaban J connectivity index is 1.81. The third-order valence-corrected chi connectivity index (χ3v) is 6.24. The molecule has 0 saturated carbocycles. The minimum absolute atomic E-state index is 0.189. The fraction of sp³-hybridized carbons (Fsp3) is 0.364. The maximum atomic E-state index is 13.2. The maximum absolute atomic E-state index is 13.2. The average molecular weight is 371 g/mol. The Kier molecular flexibility index (Phi) is 4.54. The normalized spacial score (nSPS) is 20.5. The van der Waals surface area contributed by atoms with Gasteiger partial charge in [0.25, 0.3) is 0 Å². The number of rotatable bonds is 3. The minimum atomic E-state index is -0.189. The number of aromatic nitrogens is 1. The van der Waals surface area contributed by atoms with Gasteiger partial charge >= 0.3 is 0 Å². The van der Waals surface area contributed by atoms with E-state index in [0.29, 0.717) is 12.1 Å². The summed E-state index contributed by atoms with van der Waals surface area (Å²) in [5.41, 5.74) is 5.08. The van der Waals surface area contributed by atoms with E-state index >= 15 is 0 Å². The Hall–Kier alpha value is -1.84. The van der Waals surface area contributed by atoms with Gasteiger partial charge in [0.1, 0.15) is 5.82 Å². The average Bonchev–Trinajstić information content (AvgIpc) is 2.94. The van der Waals surface area contributed by atoms with Crippen molar-refractivity contribution in [2.24, 2.45) is 0 Å². The van der Waals surface area contributed by atoms with Gasteiger partial charge in [-0.3, -0.25) is 4.90 Å². The Bertz CT molecular complexity index is 945. The van der Waals surface area contributed by atoms with Crippen molar-refractivity contribution in [3.8, 4) is 0 Å². The summed E-state index contributed by atoms with van der Waals surface area (Å²) in [7, 11) is 2.20. The number of fused-ring (bicyclic) bond motifs is 3. The van der Waals surface area contributed by atoms with Crippen molar-refractivity contribution in [1.82, 2.24) is 9.47 Å². The molecular weight excluding hydrogens is 347 g/mol. The van der Waals surface area contributed by atoms with Crippen molar-refractivity contribution in [3.05, 3.63) is 70.1 Å².